The fourth-order valence-corrected chi connectivity index (χ4v) is 1.83. The topological polar surface area (TPSA) is 106 Å². The molecule has 0 saturated carbocycles. The van der Waals surface area contributed by atoms with E-state index in [9.17, 15) is 14.7 Å². The number of carbonyl (C=O) groups is 1. The van der Waals surface area contributed by atoms with Gasteiger partial charge in [-0.3, -0.25) is 4.79 Å². The highest BCUT2D eigenvalue weighted by Crippen LogP contribution is 2.37. The lowest BCUT2D eigenvalue weighted by Gasteiger charge is -2.11. The quantitative estimate of drug-likeness (QED) is 0.781. The first kappa shape index (κ1) is 14.7. The molecule has 112 valence electrons. The molecule has 0 spiro atoms. The first-order chi connectivity index (χ1) is 10.0. The van der Waals surface area contributed by atoms with Gasteiger partial charge in [0.05, 0.1) is 19.6 Å². The van der Waals surface area contributed by atoms with Gasteiger partial charge in [-0.05, 0) is 19.1 Å². The molecule has 0 aliphatic carbocycles. The number of hydrogen-bond donors (Lipinski definition) is 2. The molecule has 1 heterocycles. The molecule has 7 nitrogen and oxygen atoms in total. The summed E-state index contributed by atoms with van der Waals surface area (Å²) in [6, 6.07) is 4.61. The molecule has 0 saturated heterocycles. The Morgan fingerprint density at radius 2 is 2.10 bits per heavy atom. The molecule has 2 N–H and O–H groups in total. The monoisotopic (exact) mass is 294 g/mol. The highest BCUT2D eigenvalue weighted by Gasteiger charge is 2.18. The van der Waals surface area contributed by atoms with Gasteiger partial charge in [-0.25, -0.2) is 4.79 Å². The molecular weight excluding hydrogens is 280 g/mol. The summed E-state index contributed by atoms with van der Waals surface area (Å²) >= 11 is 0. The molecule has 1 aromatic carbocycles. The van der Waals surface area contributed by atoms with E-state index in [4.69, 9.17) is 19.0 Å². The third kappa shape index (κ3) is 3.07. The van der Waals surface area contributed by atoms with Crippen LogP contribution in [0.2, 0.25) is 0 Å². The normalized spacial score (nSPS) is 10.5. The van der Waals surface area contributed by atoms with Crippen molar-refractivity contribution < 1.29 is 28.9 Å². The summed E-state index contributed by atoms with van der Waals surface area (Å²) in [7, 11) is 0. The van der Waals surface area contributed by atoms with Crippen molar-refractivity contribution in [1.29, 1.82) is 0 Å². The molecule has 0 atom stereocenters. The van der Waals surface area contributed by atoms with Gasteiger partial charge in [0.15, 0.2) is 5.75 Å². The molecule has 2 aromatic rings. The van der Waals surface area contributed by atoms with Gasteiger partial charge in [-0.2, -0.15) is 0 Å². The van der Waals surface area contributed by atoms with E-state index in [-0.39, 0.29) is 47.9 Å². The van der Waals surface area contributed by atoms with Crippen molar-refractivity contribution in [2.24, 2.45) is 0 Å². The first-order valence-electron chi connectivity index (χ1n) is 6.30. The number of fused-ring (bicyclic) bond motifs is 1. The van der Waals surface area contributed by atoms with Gasteiger partial charge in [-0.1, -0.05) is 6.07 Å². The number of aliphatic carboxylic acids is 1. The van der Waals surface area contributed by atoms with Crippen LogP contribution >= 0.6 is 0 Å². The second-order valence-electron chi connectivity index (χ2n) is 4.12. The Hall–Kier alpha value is -2.70. The van der Waals surface area contributed by atoms with Gasteiger partial charge >= 0.3 is 11.6 Å². The molecule has 2 rings (SSSR count). The summed E-state index contributed by atoms with van der Waals surface area (Å²) in [4.78, 5) is 22.2. The molecule has 0 amide bonds. The second-order valence-corrected chi connectivity index (χ2v) is 4.12. The van der Waals surface area contributed by atoms with E-state index in [0.717, 1.165) is 0 Å². The van der Waals surface area contributed by atoms with Gasteiger partial charge in [-0.15, -0.1) is 0 Å². The fraction of sp³-hybridized carbons (Fsp3) is 0.286. The van der Waals surface area contributed by atoms with Crippen molar-refractivity contribution in [3.8, 4) is 17.2 Å². The Labute approximate surface area is 119 Å². The van der Waals surface area contributed by atoms with E-state index >= 15 is 0 Å². The lowest BCUT2D eigenvalue weighted by atomic mass is 10.2. The summed E-state index contributed by atoms with van der Waals surface area (Å²) in [5.74, 6) is -1.45. The smallest absolute Gasteiger partial charge is 0.383 e. The molecule has 0 aliphatic rings. The van der Waals surface area contributed by atoms with Crippen LogP contribution in [0.15, 0.2) is 27.4 Å². The fourth-order valence-electron chi connectivity index (χ4n) is 1.83. The summed E-state index contributed by atoms with van der Waals surface area (Å²) in [5, 5.41) is 18.9. The standard InChI is InChI=1S/C14H14O7/c1-2-19-13-12(17)11-8(20-7-6-10(15)16)4-3-5-9(11)21-14(13)18/h3-5,17H,2,6-7H2,1H3,(H,15,16). The summed E-state index contributed by atoms with van der Waals surface area (Å²) in [5.41, 5.74) is -0.654. The number of carboxylic acids is 1. The highest BCUT2D eigenvalue weighted by atomic mass is 16.5. The maximum Gasteiger partial charge on any atom is 0.383 e. The van der Waals surface area contributed by atoms with Crippen molar-refractivity contribution in [3.05, 3.63) is 28.6 Å². The molecule has 0 fully saturated rings. The van der Waals surface area contributed by atoms with Crippen LogP contribution in [0.4, 0.5) is 0 Å². The maximum absolute atomic E-state index is 11.7. The largest absolute Gasteiger partial charge is 0.503 e. The van der Waals surface area contributed by atoms with Gasteiger partial charge in [0, 0.05) is 0 Å². The number of hydrogen-bond acceptors (Lipinski definition) is 6. The Morgan fingerprint density at radius 1 is 1.33 bits per heavy atom. The van der Waals surface area contributed by atoms with Gasteiger partial charge < -0.3 is 24.1 Å². The van der Waals surface area contributed by atoms with Crippen LogP contribution in [0.1, 0.15) is 13.3 Å². The third-order valence-corrected chi connectivity index (χ3v) is 2.69. The van der Waals surface area contributed by atoms with E-state index in [1.165, 1.54) is 6.07 Å². The number of carboxylic acid groups (broad SMARTS) is 1. The molecule has 0 aliphatic heterocycles. The average molecular weight is 294 g/mol. The molecule has 0 bridgehead atoms. The van der Waals surface area contributed by atoms with Crippen LogP contribution in [0.5, 0.6) is 17.2 Å². The Morgan fingerprint density at radius 3 is 2.76 bits per heavy atom. The van der Waals surface area contributed by atoms with E-state index in [0.29, 0.717) is 0 Å². The molecular formula is C14H14O7. The van der Waals surface area contributed by atoms with Crippen molar-refractivity contribution in [3.63, 3.8) is 0 Å². The van der Waals surface area contributed by atoms with Crippen LogP contribution in [0, 0.1) is 0 Å². The molecule has 7 heteroatoms. The minimum atomic E-state index is -0.999. The predicted octanol–water partition coefficient (Wildman–Crippen LogP) is 1.75. The first-order valence-corrected chi connectivity index (χ1v) is 6.30. The SMILES string of the molecule is CCOc1c(O)c2c(OCCC(=O)O)cccc2oc1=O. The number of benzene rings is 1. The number of ether oxygens (including phenoxy) is 2. The van der Waals surface area contributed by atoms with Gasteiger partial charge in [0.25, 0.3) is 0 Å². The van der Waals surface area contributed by atoms with Crippen LogP contribution in [0.3, 0.4) is 0 Å². The van der Waals surface area contributed by atoms with Crippen LogP contribution < -0.4 is 15.1 Å². The Kier molecular flexibility index (Phi) is 4.32. The minimum absolute atomic E-state index is 0.0724. The lowest BCUT2D eigenvalue weighted by Crippen LogP contribution is -2.08. The average Bonchev–Trinajstić information content (AvgIpc) is 2.43. The van der Waals surface area contributed by atoms with Crippen molar-refractivity contribution in [1.82, 2.24) is 0 Å². The molecule has 1 aromatic heterocycles. The van der Waals surface area contributed by atoms with E-state index in [1.807, 2.05) is 0 Å². The number of rotatable bonds is 6. The van der Waals surface area contributed by atoms with Crippen LogP contribution in [-0.4, -0.2) is 29.4 Å². The second kappa shape index (κ2) is 6.17. The Bertz CT molecular complexity index is 717. The van der Waals surface area contributed by atoms with Crippen molar-refractivity contribution >= 4 is 16.9 Å². The molecule has 21 heavy (non-hydrogen) atoms. The zero-order valence-electron chi connectivity index (χ0n) is 11.3. The zero-order chi connectivity index (χ0) is 15.4. The van der Waals surface area contributed by atoms with E-state index in [2.05, 4.69) is 0 Å². The van der Waals surface area contributed by atoms with E-state index < -0.39 is 11.6 Å². The summed E-state index contributed by atoms with van der Waals surface area (Å²) in [6.07, 6.45) is -0.188. The van der Waals surface area contributed by atoms with Gasteiger partial charge in [0.2, 0.25) is 5.75 Å². The minimum Gasteiger partial charge on any atom is -0.503 e. The summed E-state index contributed by atoms with van der Waals surface area (Å²) in [6.45, 7) is 1.78. The van der Waals surface area contributed by atoms with Crippen LogP contribution in [-0.2, 0) is 4.79 Å². The van der Waals surface area contributed by atoms with Crippen LogP contribution in [0.25, 0.3) is 11.0 Å². The van der Waals surface area contributed by atoms with E-state index in [1.54, 1.807) is 19.1 Å². The van der Waals surface area contributed by atoms with Gasteiger partial charge in [0.1, 0.15) is 16.7 Å². The Balaban J connectivity index is 2.49. The molecule has 0 radical (unpaired) electrons. The molecule has 0 unspecified atom stereocenters. The predicted molar refractivity (Wildman–Crippen MR) is 73.1 cm³/mol. The number of aromatic hydroxyl groups is 1. The zero-order valence-corrected chi connectivity index (χ0v) is 11.3. The van der Waals surface area contributed by atoms with Crippen molar-refractivity contribution in [2.45, 2.75) is 13.3 Å². The maximum atomic E-state index is 11.7. The van der Waals surface area contributed by atoms with Crippen molar-refractivity contribution in [2.75, 3.05) is 13.2 Å². The highest BCUT2D eigenvalue weighted by molar-refractivity contribution is 5.91. The lowest BCUT2D eigenvalue weighted by molar-refractivity contribution is -0.137. The summed E-state index contributed by atoms with van der Waals surface area (Å²) < 4.78 is 15.5. The third-order valence-electron chi connectivity index (χ3n) is 2.69.